The molecule has 1 N–H and O–H groups in total. The summed E-state index contributed by atoms with van der Waals surface area (Å²) in [6.45, 7) is 9.14. The maximum atomic E-state index is 12.7. The standard InChI is InChI=1S/C20H30N2O2/c1-15-11-16(2)14-22(13-15)18-7-9-21(10-8-18)20(23)17-5-4-6-19(12-17)24-3/h4-6,12,15-16,18H,7-11,13-14H2,1-3H3/p+1/t15-,16-/m1/s1. The van der Waals surface area contributed by atoms with Crippen molar-refractivity contribution in [2.45, 2.75) is 39.2 Å². The molecule has 2 aliphatic heterocycles. The van der Waals surface area contributed by atoms with Crippen LogP contribution in [-0.2, 0) is 0 Å². The van der Waals surface area contributed by atoms with Crippen LogP contribution in [0.15, 0.2) is 24.3 Å². The lowest BCUT2D eigenvalue weighted by Gasteiger charge is -2.41. The molecular weight excluding hydrogens is 300 g/mol. The zero-order valence-electron chi connectivity index (χ0n) is 15.3. The maximum absolute atomic E-state index is 12.7. The van der Waals surface area contributed by atoms with E-state index in [1.807, 2.05) is 29.2 Å². The van der Waals surface area contributed by atoms with Crippen molar-refractivity contribution in [1.82, 2.24) is 4.90 Å². The zero-order valence-corrected chi connectivity index (χ0v) is 15.3. The Morgan fingerprint density at radius 1 is 1.17 bits per heavy atom. The van der Waals surface area contributed by atoms with Crippen LogP contribution in [0.4, 0.5) is 0 Å². The highest BCUT2D eigenvalue weighted by molar-refractivity contribution is 5.94. The summed E-state index contributed by atoms with van der Waals surface area (Å²) in [7, 11) is 1.64. The summed E-state index contributed by atoms with van der Waals surface area (Å²) in [6, 6.07) is 8.22. The van der Waals surface area contributed by atoms with Crippen molar-refractivity contribution in [1.29, 1.82) is 0 Å². The van der Waals surface area contributed by atoms with Crippen LogP contribution in [-0.4, -0.2) is 50.1 Å². The number of rotatable bonds is 3. The maximum Gasteiger partial charge on any atom is 0.253 e. The number of likely N-dealkylation sites (tertiary alicyclic amines) is 2. The number of ether oxygens (including phenoxy) is 1. The van der Waals surface area contributed by atoms with Crippen molar-refractivity contribution in [3.8, 4) is 5.75 Å². The molecule has 24 heavy (non-hydrogen) atoms. The van der Waals surface area contributed by atoms with Gasteiger partial charge in [-0.1, -0.05) is 19.9 Å². The van der Waals surface area contributed by atoms with Crippen molar-refractivity contribution in [2.75, 3.05) is 33.3 Å². The van der Waals surface area contributed by atoms with E-state index in [4.69, 9.17) is 4.74 Å². The summed E-state index contributed by atoms with van der Waals surface area (Å²) >= 11 is 0. The van der Waals surface area contributed by atoms with Gasteiger partial charge in [-0.3, -0.25) is 4.79 Å². The lowest BCUT2D eigenvalue weighted by Crippen LogP contribution is -3.18. The molecule has 0 spiro atoms. The number of amides is 1. The molecule has 0 aliphatic carbocycles. The molecule has 2 fully saturated rings. The molecule has 0 bridgehead atoms. The zero-order chi connectivity index (χ0) is 17.1. The molecule has 0 saturated carbocycles. The number of benzene rings is 1. The highest BCUT2D eigenvalue weighted by Gasteiger charge is 2.34. The van der Waals surface area contributed by atoms with E-state index >= 15 is 0 Å². The SMILES string of the molecule is COc1cccc(C(=O)N2CCC([NH+]3C[C@H](C)C[C@@H](C)C3)CC2)c1. The normalized spacial score (nSPS) is 28.6. The first-order valence-corrected chi connectivity index (χ1v) is 9.34. The number of carbonyl (C=O) groups excluding carboxylic acids is 1. The van der Waals surface area contributed by atoms with E-state index in [0.717, 1.165) is 55.1 Å². The predicted octanol–water partition coefficient (Wildman–Crippen LogP) is 1.86. The van der Waals surface area contributed by atoms with E-state index in [9.17, 15) is 4.79 Å². The molecule has 0 aromatic heterocycles. The fourth-order valence-corrected chi connectivity index (χ4v) is 4.59. The molecule has 0 unspecified atom stereocenters. The van der Waals surface area contributed by atoms with Crippen LogP contribution in [0.2, 0.25) is 0 Å². The Bertz CT molecular complexity index is 557. The molecular formula is C20H31N2O2+. The third kappa shape index (κ3) is 3.92. The molecule has 2 atom stereocenters. The lowest BCUT2D eigenvalue weighted by atomic mass is 9.89. The van der Waals surface area contributed by atoms with Crippen LogP contribution in [0.5, 0.6) is 5.75 Å². The van der Waals surface area contributed by atoms with Gasteiger partial charge in [0.05, 0.1) is 26.2 Å². The van der Waals surface area contributed by atoms with Gasteiger partial charge in [-0.2, -0.15) is 0 Å². The minimum atomic E-state index is 0.141. The van der Waals surface area contributed by atoms with Gasteiger partial charge in [0.15, 0.2) is 0 Å². The number of piperidine rings is 2. The topological polar surface area (TPSA) is 34.0 Å². The van der Waals surface area contributed by atoms with Crippen LogP contribution in [0, 0.1) is 11.8 Å². The number of quaternary nitrogens is 1. The molecule has 132 valence electrons. The Hall–Kier alpha value is -1.55. The first-order valence-electron chi connectivity index (χ1n) is 9.34. The van der Waals surface area contributed by atoms with Gasteiger partial charge in [0.2, 0.25) is 0 Å². The predicted molar refractivity (Wildman–Crippen MR) is 95.6 cm³/mol. The summed E-state index contributed by atoms with van der Waals surface area (Å²) in [5.41, 5.74) is 0.736. The Balaban J connectivity index is 1.57. The molecule has 4 heteroatoms. The number of hydrogen-bond acceptors (Lipinski definition) is 2. The number of hydrogen-bond donors (Lipinski definition) is 1. The lowest BCUT2D eigenvalue weighted by molar-refractivity contribution is -0.938. The summed E-state index contributed by atoms with van der Waals surface area (Å²) < 4.78 is 5.23. The monoisotopic (exact) mass is 331 g/mol. The molecule has 0 radical (unpaired) electrons. The van der Waals surface area contributed by atoms with E-state index in [0.29, 0.717) is 0 Å². The quantitative estimate of drug-likeness (QED) is 0.917. The van der Waals surface area contributed by atoms with Crippen molar-refractivity contribution < 1.29 is 14.4 Å². The summed E-state index contributed by atoms with van der Waals surface area (Å²) in [4.78, 5) is 16.5. The van der Waals surface area contributed by atoms with Crippen molar-refractivity contribution in [3.05, 3.63) is 29.8 Å². The van der Waals surface area contributed by atoms with Gasteiger partial charge in [0, 0.05) is 43.3 Å². The van der Waals surface area contributed by atoms with Gasteiger partial charge >= 0.3 is 0 Å². The Labute approximate surface area is 145 Å². The van der Waals surface area contributed by atoms with Crippen molar-refractivity contribution in [3.63, 3.8) is 0 Å². The minimum absolute atomic E-state index is 0.141. The molecule has 1 amide bonds. The van der Waals surface area contributed by atoms with Crippen molar-refractivity contribution in [2.24, 2.45) is 11.8 Å². The third-order valence-electron chi connectivity index (χ3n) is 5.70. The summed E-state index contributed by atoms with van der Waals surface area (Å²) in [5, 5.41) is 0. The van der Waals surface area contributed by atoms with Gasteiger partial charge in [-0.25, -0.2) is 0 Å². The average Bonchev–Trinajstić information content (AvgIpc) is 2.60. The van der Waals surface area contributed by atoms with Crippen LogP contribution in [0.3, 0.4) is 0 Å². The van der Waals surface area contributed by atoms with Gasteiger partial charge < -0.3 is 14.5 Å². The van der Waals surface area contributed by atoms with Crippen molar-refractivity contribution >= 4 is 5.91 Å². The van der Waals surface area contributed by atoms with E-state index in [1.165, 1.54) is 19.5 Å². The highest BCUT2D eigenvalue weighted by Crippen LogP contribution is 2.18. The van der Waals surface area contributed by atoms with Gasteiger partial charge in [0.1, 0.15) is 5.75 Å². The molecule has 1 aromatic carbocycles. The molecule has 2 heterocycles. The molecule has 2 aliphatic rings. The second kappa shape index (κ2) is 7.56. The molecule has 4 nitrogen and oxygen atoms in total. The number of nitrogens with one attached hydrogen (secondary N) is 1. The second-order valence-electron chi connectivity index (χ2n) is 7.81. The second-order valence-corrected chi connectivity index (χ2v) is 7.81. The van der Waals surface area contributed by atoms with Gasteiger partial charge in [-0.15, -0.1) is 0 Å². The first-order chi connectivity index (χ1) is 11.6. The van der Waals surface area contributed by atoms with Crippen LogP contribution in [0.25, 0.3) is 0 Å². The average molecular weight is 331 g/mol. The van der Waals surface area contributed by atoms with E-state index in [-0.39, 0.29) is 5.91 Å². The van der Waals surface area contributed by atoms with E-state index in [1.54, 1.807) is 12.0 Å². The van der Waals surface area contributed by atoms with Gasteiger partial charge in [-0.05, 0) is 24.6 Å². The van der Waals surface area contributed by atoms with Crippen LogP contribution < -0.4 is 9.64 Å². The fraction of sp³-hybridized carbons (Fsp3) is 0.650. The smallest absolute Gasteiger partial charge is 0.253 e. The Morgan fingerprint density at radius 2 is 1.83 bits per heavy atom. The number of methoxy groups -OCH3 is 1. The minimum Gasteiger partial charge on any atom is -0.497 e. The highest BCUT2D eigenvalue weighted by atomic mass is 16.5. The van der Waals surface area contributed by atoms with E-state index < -0.39 is 0 Å². The Morgan fingerprint density at radius 3 is 2.46 bits per heavy atom. The van der Waals surface area contributed by atoms with Crippen LogP contribution >= 0.6 is 0 Å². The van der Waals surface area contributed by atoms with E-state index in [2.05, 4.69) is 13.8 Å². The number of nitrogens with zero attached hydrogens (tertiary/aromatic N) is 1. The molecule has 3 rings (SSSR count). The molecule has 2 saturated heterocycles. The van der Waals surface area contributed by atoms with Crippen LogP contribution in [0.1, 0.15) is 43.5 Å². The molecule has 1 aromatic rings. The summed E-state index contributed by atoms with van der Waals surface area (Å²) in [5.74, 6) is 2.56. The van der Waals surface area contributed by atoms with Gasteiger partial charge in [0.25, 0.3) is 5.91 Å². The summed E-state index contributed by atoms with van der Waals surface area (Å²) in [6.07, 6.45) is 3.63. The third-order valence-corrected chi connectivity index (χ3v) is 5.70. The number of carbonyl (C=O) groups is 1. The fourth-order valence-electron chi connectivity index (χ4n) is 4.59. The Kier molecular flexibility index (Phi) is 5.44. The largest absolute Gasteiger partial charge is 0.497 e. The first kappa shape index (κ1) is 17.3.